The Morgan fingerprint density at radius 1 is 1.42 bits per heavy atom. The number of hydrogen-bond donors (Lipinski definition) is 2. The number of nitrogens with one attached hydrogen (secondary N) is 1. The van der Waals surface area contributed by atoms with E-state index in [0.29, 0.717) is 12.2 Å². The van der Waals surface area contributed by atoms with Gasteiger partial charge < -0.3 is 24.8 Å². The molecule has 2 bridgehead atoms. The van der Waals surface area contributed by atoms with E-state index in [-0.39, 0.29) is 24.1 Å². The van der Waals surface area contributed by atoms with E-state index in [1.807, 2.05) is 6.07 Å². The first-order valence-corrected chi connectivity index (χ1v) is 9.49. The number of nitrogens with zero attached hydrogens (tertiary/aromatic N) is 1. The third kappa shape index (κ3) is 1.72. The van der Waals surface area contributed by atoms with Crippen LogP contribution in [0, 0.1) is 0 Å². The summed E-state index contributed by atoms with van der Waals surface area (Å²) in [6, 6.07) is 4.07. The number of carbonyl (C=O) groups excluding carboxylic acids is 1. The Labute approximate surface area is 153 Å². The van der Waals surface area contributed by atoms with Crippen molar-refractivity contribution >= 4 is 5.91 Å². The van der Waals surface area contributed by atoms with Crippen LogP contribution in [0.2, 0.25) is 0 Å². The smallest absolute Gasteiger partial charge is 0.217 e. The van der Waals surface area contributed by atoms with Crippen LogP contribution < -0.4 is 14.8 Å². The van der Waals surface area contributed by atoms with Crippen LogP contribution in [-0.4, -0.2) is 60.4 Å². The van der Waals surface area contributed by atoms with E-state index < -0.39 is 11.0 Å². The summed E-state index contributed by atoms with van der Waals surface area (Å²) in [6.07, 6.45) is 2.78. The topological polar surface area (TPSA) is 71.0 Å². The van der Waals surface area contributed by atoms with Gasteiger partial charge in [0.25, 0.3) is 0 Å². The van der Waals surface area contributed by atoms with Crippen molar-refractivity contribution in [2.45, 2.75) is 61.8 Å². The number of hydrogen-bond acceptors (Lipinski definition) is 5. The highest BCUT2D eigenvalue weighted by atomic mass is 16.5. The van der Waals surface area contributed by atoms with Gasteiger partial charge in [-0.1, -0.05) is 6.07 Å². The SMILES string of the molecule is COc1ccc2c3c1OC1C(NC(C)=O)CC[C@]4(O)[C@H](C2)N(C)CC[C@@]314. The van der Waals surface area contributed by atoms with Gasteiger partial charge in [-0.3, -0.25) is 4.79 Å². The predicted molar refractivity (Wildman–Crippen MR) is 95.6 cm³/mol. The summed E-state index contributed by atoms with van der Waals surface area (Å²) in [4.78, 5) is 14.1. The molecule has 5 rings (SSSR count). The number of rotatable bonds is 2. The number of aliphatic hydroxyl groups is 1. The summed E-state index contributed by atoms with van der Waals surface area (Å²) < 4.78 is 12.1. The molecule has 2 unspecified atom stereocenters. The van der Waals surface area contributed by atoms with E-state index in [2.05, 4.69) is 23.3 Å². The lowest BCUT2D eigenvalue weighted by atomic mass is 9.48. The van der Waals surface area contributed by atoms with Crippen LogP contribution in [0.1, 0.15) is 37.3 Å². The first-order chi connectivity index (χ1) is 12.4. The van der Waals surface area contributed by atoms with Gasteiger partial charge in [0.15, 0.2) is 11.5 Å². The van der Waals surface area contributed by atoms with Crippen LogP contribution in [0.3, 0.4) is 0 Å². The lowest BCUT2D eigenvalue weighted by Crippen LogP contribution is -2.77. The predicted octanol–water partition coefficient (Wildman–Crippen LogP) is 0.984. The van der Waals surface area contributed by atoms with Gasteiger partial charge in [-0.05, 0) is 50.9 Å². The van der Waals surface area contributed by atoms with Crippen molar-refractivity contribution in [1.82, 2.24) is 10.2 Å². The van der Waals surface area contributed by atoms with E-state index in [1.165, 1.54) is 5.56 Å². The standard InChI is InChI=1S/C20H26N2O4/c1-11(23)21-13-6-7-20(24)15-10-12-4-5-14(25-3)17-16(12)19(20,18(13)26-17)8-9-22(15)2/h4-5,13,15,18,24H,6-10H2,1-3H3,(H,21,23)/t13?,15-,18?,19+,20-/m0/s1. The van der Waals surface area contributed by atoms with Gasteiger partial charge in [0.2, 0.25) is 5.91 Å². The minimum atomic E-state index is -0.843. The molecule has 0 aromatic heterocycles. The molecule has 6 nitrogen and oxygen atoms in total. The van der Waals surface area contributed by atoms with Crippen LogP contribution in [0.5, 0.6) is 11.5 Å². The van der Waals surface area contributed by atoms with Crippen molar-refractivity contribution in [2.24, 2.45) is 0 Å². The number of likely N-dealkylation sites (tertiary alicyclic amines) is 1. The Morgan fingerprint density at radius 2 is 2.23 bits per heavy atom. The molecule has 2 heterocycles. The molecular weight excluding hydrogens is 332 g/mol. The second kappa shape index (κ2) is 5.14. The molecule has 4 aliphatic rings. The Hall–Kier alpha value is -1.79. The van der Waals surface area contributed by atoms with Crippen molar-refractivity contribution in [1.29, 1.82) is 0 Å². The van der Waals surface area contributed by atoms with E-state index >= 15 is 0 Å². The molecule has 1 aromatic carbocycles. The molecule has 26 heavy (non-hydrogen) atoms. The Bertz CT molecular complexity index is 796. The van der Waals surface area contributed by atoms with Crippen LogP contribution >= 0.6 is 0 Å². The van der Waals surface area contributed by atoms with Gasteiger partial charge in [0.05, 0.1) is 24.2 Å². The monoisotopic (exact) mass is 358 g/mol. The summed E-state index contributed by atoms with van der Waals surface area (Å²) >= 11 is 0. The molecule has 140 valence electrons. The third-order valence-corrected chi connectivity index (χ3v) is 7.32. The molecule has 2 aliphatic heterocycles. The average molecular weight is 358 g/mol. The second-order valence-corrected chi connectivity index (χ2v) is 8.36. The summed E-state index contributed by atoms with van der Waals surface area (Å²) in [6.45, 7) is 2.46. The normalized spacial score (nSPS) is 39.8. The van der Waals surface area contributed by atoms with Crippen molar-refractivity contribution in [3.63, 3.8) is 0 Å². The Kier molecular flexibility index (Phi) is 3.24. The summed E-state index contributed by atoms with van der Waals surface area (Å²) in [5.41, 5.74) is 1.05. The van der Waals surface area contributed by atoms with Gasteiger partial charge in [-0.25, -0.2) is 0 Å². The zero-order valence-corrected chi connectivity index (χ0v) is 15.5. The van der Waals surface area contributed by atoms with Crippen LogP contribution in [-0.2, 0) is 16.6 Å². The number of likely N-dealkylation sites (N-methyl/N-ethyl adjacent to an activating group) is 1. The van der Waals surface area contributed by atoms with E-state index in [4.69, 9.17) is 9.47 Å². The molecule has 5 atom stereocenters. The second-order valence-electron chi connectivity index (χ2n) is 8.36. The molecule has 1 amide bonds. The maximum absolute atomic E-state index is 12.0. The van der Waals surface area contributed by atoms with E-state index in [9.17, 15) is 9.90 Å². The number of methoxy groups -OCH3 is 1. The highest BCUT2D eigenvalue weighted by Crippen LogP contribution is 2.65. The first-order valence-electron chi connectivity index (χ1n) is 9.49. The zero-order valence-electron chi connectivity index (χ0n) is 15.5. The van der Waals surface area contributed by atoms with E-state index in [0.717, 1.165) is 37.1 Å². The number of amides is 1. The van der Waals surface area contributed by atoms with Crippen molar-refractivity contribution in [3.05, 3.63) is 23.3 Å². The fourth-order valence-electron chi connectivity index (χ4n) is 6.31. The molecular formula is C20H26N2O4. The largest absolute Gasteiger partial charge is 0.493 e. The average Bonchev–Trinajstić information content (AvgIpc) is 2.95. The molecule has 6 heteroatoms. The lowest BCUT2D eigenvalue weighted by Gasteiger charge is -2.63. The molecule has 1 spiro atoms. The lowest BCUT2D eigenvalue weighted by molar-refractivity contribution is -0.187. The molecule has 2 aliphatic carbocycles. The molecule has 2 N–H and O–H groups in total. The fourth-order valence-corrected chi connectivity index (χ4v) is 6.31. The molecule has 1 aromatic rings. The van der Waals surface area contributed by atoms with Crippen LogP contribution in [0.25, 0.3) is 0 Å². The summed E-state index contributed by atoms with van der Waals surface area (Å²) in [7, 11) is 3.76. The minimum Gasteiger partial charge on any atom is -0.493 e. The van der Waals surface area contributed by atoms with Crippen molar-refractivity contribution < 1.29 is 19.4 Å². The van der Waals surface area contributed by atoms with Crippen LogP contribution in [0.4, 0.5) is 0 Å². The minimum absolute atomic E-state index is 0.0520. The number of piperidine rings is 1. The number of ether oxygens (including phenoxy) is 2. The van der Waals surface area contributed by atoms with E-state index in [1.54, 1.807) is 14.0 Å². The first kappa shape index (κ1) is 16.4. The quantitative estimate of drug-likeness (QED) is 0.825. The maximum atomic E-state index is 12.0. The van der Waals surface area contributed by atoms with Crippen LogP contribution in [0.15, 0.2) is 12.1 Å². The molecule has 2 fully saturated rings. The zero-order chi connectivity index (χ0) is 18.3. The summed E-state index contributed by atoms with van der Waals surface area (Å²) in [5, 5.41) is 15.1. The van der Waals surface area contributed by atoms with Gasteiger partial charge in [-0.15, -0.1) is 0 Å². The van der Waals surface area contributed by atoms with Gasteiger partial charge in [-0.2, -0.15) is 0 Å². The third-order valence-electron chi connectivity index (χ3n) is 7.32. The van der Waals surface area contributed by atoms with Gasteiger partial charge >= 0.3 is 0 Å². The van der Waals surface area contributed by atoms with Gasteiger partial charge in [0, 0.05) is 18.5 Å². The molecule has 0 radical (unpaired) electrons. The molecule has 1 saturated carbocycles. The highest BCUT2D eigenvalue weighted by Gasteiger charge is 2.72. The molecule has 1 saturated heterocycles. The van der Waals surface area contributed by atoms with Crippen molar-refractivity contribution in [3.8, 4) is 11.5 Å². The number of carbonyl (C=O) groups is 1. The number of benzene rings is 1. The maximum Gasteiger partial charge on any atom is 0.217 e. The fraction of sp³-hybridized carbons (Fsp3) is 0.650. The van der Waals surface area contributed by atoms with Crippen molar-refractivity contribution in [2.75, 3.05) is 20.7 Å². The highest BCUT2D eigenvalue weighted by molar-refractivity contribution is 5.73. The Balaban J connectivity index is 1.76. The summed E-state index contributed by atoms with van der Waals surface area (Å²) in [5.74, 6) is 1.44. The Morgan fingerprint density at radius 3 is 2.96 bits per heavy atom. The van der Waals surface area contributed by atoms with Gasteiger partial charge in [0.1, 0.15) is 6.10 Å².